The van der Waals surface area contributed by atoms with E-state index in [-0.39, 0.29) is 28.7 Å². The van der Waals surface area contributed by atoms with Gasteiger partial charge in [0.1, 0.15) is 12.1 Å². The predicted molar refractivity (Wildman–Crippen MR) is 185 cm³/mol. The molecule has 1 aliphatic heterocycles. The molecule has 0 spiro atoms. The third-order valence-corrected chi connectivity index (χ3v) is 8.53. The smallest absolute Gasteiger partial charge is 0.406 e. The molecule has 13 heteroatoms. The summed E-state index contributed by atoms with van der Waals surface area (Å²) in [6.45, 7) is 10.2. The number of alkyl halides is 3. The van der Waals surface area contributed by atoms with Gasteiger partial charge in [0.15, 0.2) is 16.1 Å². The molecular weight excluding hydrogens is 646 g/mol. The van der Waals surface area contributed by atoms with Gasteiger partial charge in [0.2, 0.25) is 5.91 Å². The number of thiocarbonyl (C=S) groups is 1. The van der Waals surface area contributed by atoms with Crippen molar-refractivity contribution in [3.63, 3.8) is 0 Å². The van der Waals surface area contributed by atoms with E-state index in [1.54, 1.807) is 4.90 Å². The predicted octanol–water partition coefficient (Wildman–Crippen LogP) is 8.07. The fraction of sp³-hybridized carbons (Fsp3) is 0.265. The van der Waals surface area contributed by atoms with E-state index in [4.69, 9.17) is 12.2 Å². The number of carbonyl (C=O) groups excluding carboxylic acids is 1. The average molecular weight is 679 g/mol. The van der Waals surface area contributed by atoms with Crippen LogP contribution in [-0.2, 0) is 4.79 Å². The third-order valence-electron chi connectivity index (χ3n) is 7.40. The van der Waals surface area contributed by atoms with Gasteiger partial charge >= 0.3 is 6.36 Å². The number of halogens is 3. The fourth-order valence-corrected chi connectivity index (χ4v) is 6.10. The lowest BCUT2D eigenvalue weighted by Crippen LogP contribution is -2.35. The number of carbonyl (C=O) groups is 1. The zero-order valence-electron chi connectivity index (χ0n) is 26.4. The van der Waals surface area contributed by atoms with Crippen LogP contribution in [-0.4, -0.2) is 49.1 Å². The maximum atomic E-state index is 12.9. The summed E-state index contributed by atoms with van der Waals surface area (Å²) >= 11 is 6.98. The molecule has 0 bridgehead atoms. The van der Waals surface area contributed by atoms with Crippen LogP contribution in [0.2, 0.25) is 0 Å². The molecule has 1 N–H and O–H groups in total. The second-order valence-corrected chi connectivity index (χ2v) is 12.7. The standard InChI is InChI=1S/C34H33F3N6O2S2/c1-20(2)28-14-9-21(3)15-29(28)43-30(44)18-47-33(43)40-32(46)39-23(5)22(4)16-24-7-6-8-25(17-24)31-38-19-42(41-31)26-10-12-27(13-11-26)45-34(35,36)37/h6-17,19-20,23H,18H2,1-5H3,(H,39,46)/b22-16+,40-33?. The van der Waals surface area contributed by atoms with Crippen molar-refractivity contribution in [3.05, 3.63) is 95.3 Å². The molecule has 1 aromatic heterocycles. The summed E-state index contributed by atoms with van der Waals surface area (Å²) in [6.07, 6.45) is -1.24. The highest BCUT2D eigenvalue weighted by Crippen LogP contribution is 2.34. The molecule has 1 saturated heterocycles. The van der Waals surface area contributed by atoms with Crippen LogP contribution in [0.15, 0.2) is 83.6 Å². The monoisotopic (exact) mass is 678 g/mol. The van der Waals surface area contributed by atoms with Gasteiger partial charge in [-0.2, -0.15) is 4.99 Å². The largest absolute Gasteiger partial charge is 0.573 e. The second-order valence-electron chi connectivity index (χ2n) is 11.4. The Bertz CT molecular complexity index is 1850. The number of aryl methyl sites for hydroxylation is 1. The Hall–Kier alpha value is -4.49. The van der Waals surface area contributed by atoms with Gasteiger partial charge in [-0.25, -0.2) is 9.67 Å². The van der Waals surface area contributed by atoms with Gasteiger partial charge in [-0.05, 0) is 92.0 Å². The maximum absolute atomic E-state index is 12.9. The van der Waals surface area contributed by atoms with Gasteiger partial charge < -0.3 is 10.1 Å². The van der Waals surface area contributed by atoms with Gasteiger partial charge in [0.05, 0.1) is 17.1 Å². The molecule has 1 unspecified atom stereocenters. The number of rotatable bonds is 8. The van der Waals surface area contributed by atoms with Crippen LogP contribution in [0.25, 0.3) is 23.2 Å². The Morgan fingerprint density at radius 2 is 1.85 bits per heavy atom. The minimum absolute atomic E-state index is 0.0270. The highest BCUT2D eigenvalue weighted by atomic mass is 32.2. The first-order chi connectivity index (χ1) is 22.3. The number of thioether (sulfide) groups is 1. The SMILES string of the molecule is C/C(=C\c1cccc(-c2ncn(-c3ccc(OC(F)(F)F)cc3)n2)c1)C(C)NC(=S)N=C1SCC(=O)N1c1cc(C)ccc1C(C)C. The highest BCUT2D eigenvalue weighted by Gasteiger charge is 2.32. The first-order valence-corrected chi connectivity index (χ1v) is 16.2. The Balaban J connectivity index is 1.27. The molecule has 244 valence electrons. The maximum Gasteiger partial charge on any atom is 0.573 e. The minimum atomic E-state index is -4.76. The molecule has 1 amide bonds. The number of ether oxygens (including phenoxy) is 1. The number of hydrogen-bond donors (Lipinski definition) is 1. The van der Waals surface area contributed by atoms with Gasteiger partial charge in [-0.15, -0.1) is 18.3 Å². The average Bonchev–Trinajstić information content (AvgIpc) is 3.63. The lowest BCUT2D eigenvalue weighted by molar-refractivity contribution is -0.274. The van der Waals surface area contributed by atoms with Gasteiger partial charge in [0.25, 0.3) is 0 Å². The van der Waals surface area contributed by atoms with Gasteiger partial charge in [-0.1, -0.05) is 67.6 Å². The van der Waals surface area contributed by atoms with E-state index in [1.165, 1.54) is 47.0 Å². The van der Waals surface area contributed by atoms with E-state index >= 15 is 0 Å². The van der Waals surface area contributed by atoms with Crippen LogP contribution in [0.3, 0.4) is 0 Å². The van der Waals surface area contributed by atoms with Crippen LogP contribution in [0.5, 0.6) is 5.75 Å². The van der Waals surface area contributed by atoms with E-state index in [0.29, 0.717) is 22.4 Å². The molecule has 1 atom stereocenters. The summed E-state index contributed by atoms with van der Waals surface area (Å²) in [5, 5.41) is 8.61. The van der Waals surface area contributed by atoms with Crippen molar-refractivity contribution in [2.24, 2.45) is 4.99 Å². The Morgan fingerprint density at radius 1 is 1.11 bits per heavy atom. The normalized spacial score (nSPS) is 15.4. The first kappa shape index (κ1) is 33.9. The number of hydrogen-bond acceptors (Lipinski definition) is 6. The van der Waals surface area contributed by atoms with Crippen LogP contribution in [0.1, 0.15) is 50.3 Å². The lowest BCUT2D eigenvalue weighted by Gasteiger charge is -2.23. The van der Waals surface area contributed by atoms with Crippen LogP contribution in [0.4, 0.5) is 18.9 Å². The number of nitrogens with one attached hydrogen (secondary N) is 1. The second kappa shape index (κ2) is 14.1. The van der Waals surface area contributed by atoms with Crippen LogP contribution >= 0.6 is 24.0 Å². The van der Waals surface area contributed by atoms with E-state index in [2.05, 4.69) is 45.0 Å². The molecular formula is C34H33F3N6O2S2. The topological polar surface area (TPSA) is 84.6 Å². The van der Waals surface area contributed by atoms with Crippen molar-refractivity contribution < 1.29 is 22.7 Å². The highest BCUT2D eigenvalue weighted by molar-refractivity contribution is 8.15. The number of amidine groups is 1. The number of amides is 1. The van der Waals surface area contributed by atoms with E-state index in [0.717, 1.165) is 33.5 Å². The van der Waals surface area contributed by atoms with Crippen LogP contribution in [0, 0.1) is 6.92 Å². The quantitative estimate of drug-likeness (QED) is 0.189. The molecule has 5 rings (SSSR count). The zero-order valence-corrected chi connectivity index (χ0v) is 28.0. The van der Waals surface area contributed by atoms with Crippen LogP contribution < -0.4 is 15.0 Å². The summed E-state index contributed by atoms with van der Waals surface area (Å²) in [7, 11) is 0. The van der Waals surface area contributed by atoms with E-state index in [9.17, 15) is 18.0 Å². The number of anilines is 1. The summed E-state index contributed by atoms with van der Waals surface area (Å²) in [5.41, 5.74) is 6.19. The zero-order chi connectivity index (χ0) is 33.9. The first-order valence-electron chi connectivity index (χ1n) is 14.8. The van der Waals surface area contributed by atoms with E-state index in [1.807, 2.05) is 63.2 Å². The van der Waals surface area contributed by atoms with Crippen molar-refractivity contribution in [1.29, 1.82) is 0 Å². The summed E-state index contributed by atoms with van der Waals surface area (Å²) in [5.74, 6) is 0.648. The van der Waals surface area contributed by atoms with Crippen molar-refractivity contribution in [2.75, 3.05) is 10.7 Å². The van der Waals surface area contributed by atoms with Crippen molar-refractivity contribution >= 4 is 51.9 Å². The molecule has 3 aromatic carbocycles. The molecule has 1 fully saturated rings. The number of nitrogens with zero attached hydrogens (tertiary/aromatic N) is 5. The molecule has 8 nitrogen and oxygen atoms in total. The molecule has 2 heterocycles. The van der Waals surface area contributed by atoms with Crippen molar-refractivity contribution in [1.82, 2.24) is 20.1 Å². The minimum Gasteiger partial charge on any atom is -0.406 e. The number of benzene rings is 3. The summed E-state index contributed by atoms with van der Waals surface area (Å²) < 4.78 is 42.9. The number of aromatic nitrogens is 3. The van der Waals surface area contributed by atoms with Gasteiger partial charge in [0, 0.05) is 11.6 Å². The van der Waals surface area contributed by atoms with Gasteiger partial charge in [-0.3, -0.25) is 9.69 Å². The van der Waals surface area contributed by atoms with Crippen molar-refractivity contribution in [2.45, 2.75) is 52.9 Å². The summed E-state index contributed by atoms with van der Waals surface area (Å²) in [4.78, 5) is 23.7. The Labute approximate surface area is 280 Å². The Morgan fingerprint density at radius 3 is 2.55 bits per heavy atom. The lowest BCUT2D eigenvalue weighted by atomic mass is 9.99. The fourth-order valence-electron chi connectivity index (χ4n) is 4.91. The molecule has 4 aromatic rings. The Kier molecular flexibility index (Phi) is 10.2. The van der Waals surface area contributed by atoms with Crippen molar-refractivity contribution in [3.8, 4) is 22.8 Å². The molecule has 47 heavy (non-hydrogen) atoms. The van der Waals surface area contributed by atoms with E-state index < -0.39 is 6.36 Å². The summed E-state index contributed by atoms with van der Waals surface area (Å²) in [6, 6.07) is 19.0. The molecule has 0 aliphatic carbocycles. The third kappa shape index (κ3) is 8.46. The number of aliphatic imine (C=N–C) groups is 1. The molecule has 0 radical (unpaired) electrons. The molecule has 0 saturated carbocycles. The molecule has 1 aliphatic rings.